The van der Waals surface area contributed by atoms with E-state index >= 15 is 0 Å². The first-order valence-electron chi connectivity index (χ1n) is 9.55. The number of ether oxygens (including phenoxy) is 1. The normalized spacial score (nSPS) is 13.7. The first kappa shape index (κ1) is 19.4. The number of nitrogens with one attached hydrogen (secondary N) is 1. The van der Waals surface area contributed by atoms with Gasteiger partial charge in [-0.2, -0.15) is 0 Å². The summed E-state index contributed by atoms with van der Waals surface area (Å²) in [5.41, 5.74) is 3.77. The monoisotopic (exact) mass is 399 g/mol. The fraction of sp³-hybridized carbons (Fsp3) is 0.125. The highest BCUT2D eigenvalue weighted by Gasteiger charge is 2.40. The van der Waals surface area contributed by atoms with Crippen LogP contribution in [-0.4, -0.2) is 28.8 Å². The van der Waals surface area contributed by atoms with Crippen LogP contribution in [0.1, 0.15) is 16.7 Å². The van der Waals surface area contributed by atoms with E-state index in [9.17, 15) is 9.59 Å². The fourth-order valence-corrected chi connectivity index (χ4v) is 3.39. The van der Waals surface area contributed by atoms with Crippen LogP contribution in [0.25, 0.3) is 5.57 Å². The average molecular weight is 399 g/mol. The molecule has 6 heteroatoms. The lowest BCUT2D eigenvalue weighted by atomic mass is 10.0. The Hall–Kier alpha value is -3.93. The van der Waals surface area contributed by atoms with E-state index in [0.717, 1.165) is 16.8 Å². The highest BCUT2D eigenvalue weighted by Crippen LogP contribution is 2.35. The van der Waals surface area contributed by atoms with Crippen molar-refractivity contribution in [3.05, 3.63) is 95.4 Å². The van der Waals surface area contributed by atoms with Crippen molar-refractivity contribution in [2.45, 2.75) is 13.5 Å². The molecule has 0 fully saturated rings. The molecule has 0 saturated heterocycles. The van der Waals surface area contributed by atoms with Gasteiger partial charge in [-0.25, -0.2) is 0 Å². The van der Waals surface area contributed by atoms with Crippen molar-refractivity contribution >= 4 is 23.1 Å². The summed E-state index contributed by atoms with van der Waals surface area (Å²) in [6.07, 6.45) is 3.28. The van der Waals surface area contributed by atoms with E-state index in [1.165, 1.54) is 4.90 Å². The first-order chi connectivity index (χ1) is 14.6. The predicted octanol–water partition coefficient (Wildman–Crippen LogP) is 3.79. The van der Waals surface area contributed by atoms with Gasteiger partial charge >= 0.3 is 0 Å². The van der Waals surface area contributed by atoms with Crippen molar-refractivity contribution in [1.82, 2.24) is 9.88 Å². The zero-order valence-electron chi connectivity index (χ0n) is 16.8. The lowest BCUT2D eigenvalue weighted by Crippen LogP contribution is -2.32. The number of hydrogen-bond donors (Lipinski definition) is 1. The summed E-state index contributed by atoms with van der Waals surface area (Å²) in [5.74, 6) is -0.211. The number of rotatable bonds is 6. The highest BCUT2D eigenvalue weighted by molar-refractivity contribution is 6.36. The summed E-state index contributed by atoms with van der Waals surface area (Å²) >= 11 is 0. The van der Waals surface area contributed by atoms with Crippen molar-refractivity contribution in [3.8, 4) is 5.75 Å². The minimum atomic E-state index is -0.377. The van der Waals surface area contributed by atoms with Crippen LogP contribution in [0, 0.1) is 6.92 Å². The second-order valence-corrected chi connectivity index (χ2v) is 6.99. The minimum absolute atomic E-state index is 0.165. The third-order valence-corrected chi connectivity index (χ3v) is 4.96. The van der Waals surface area contributed by atoms with Crippen LogP contribution < -0.4 is 10.1 Å². The second kappa shape index (κ2) is 8.21. The number of imide groups is 1. The van der Waals surface area contributed by atoms with Gasteiger partial charge in [-0.3, -0.25) is 19.5 Å². The third kappa shape index (κ3) is 3.67. The zero-order chi connectivity index (χ0) is 21.1. The summed E-state index contributed by atoms with van der Waals surface area (Å²) in [5, 5.41) is 3.16. The molecule has 1 aliphatic heterocycles. The molecule has 1 aromatic heterocycles. The number of carbonyl (C=O) groups is 2. The van der Waals surface area contributed by atoms with Crippen LogP contribution in [0.15, 0.2) is 78.8 Å². The Morgan fingerprint density at radius 1 is 0.933 bits per heavy atom. The molecular formula is C24H21N3O3. The Morgan fingerprint density at radius 3 is 2.33 bits per heavy atom. The Kier molecular flexibility index (Phi) is 5.30. The maximum atomic E-state index is 13.4. The number of para-hydroxylation sites is 1. The van der Waals surface area contributed by atoms with Crippen LogP contribution in [0.3, 0.4) is 0 Å². The van der Waals surface area contributed by atoms with Crippen molar-refractivity contribution in [3.63, 3.8) is 0 Å². The van der Waals surface area contributed by atoms with E-state index in [0.29, 0.717) is 16.9 Å². The van der Waals surface area contributed by atoms with E-state index in [1.807, 2.05) is 43.3 Å². The lowest BCUT2D eigenvalue weighted by Gasteiger charge is -2.15. The third-order valence-electron chi connectivity index (χ3n) is 4.96. The molecule has 1 aliphatic rings. The predicted molar refractivity (Wildman–Crippen MR) is 115 cm³/mol. The fourth-order valence-electron chi connectivity index (χ4n) is 3.39. The van der Waals surface area contributed by atoms with Crippen molar-refractivity contribution in [2.75, 3.05) is 12.4 Å². The van der Waals surface area contributed by atoms with Crippen LogP contribution in [-0.2, 0) is 16.1 Å². The van der Waals surface area contributed by atoms with Gasteiger partial charge < -0.3 is 10.1 Å². The Labute approximate surface area is 174 Å². The summed E-state index contributed by atoms with van der Waals surface area (Å²) < 4.78 is 5.46. The van der Waals surface area contributed by atoms with Gasteiger partial charge in [-0.1, -0.05) is 35.9 Å². The molecular weight excluding hydrogens is 378 g/mol. The molecule has 2 amide bonds. The van der Waals surface area contributed by atoms with Gasteiger partial charge in [0.25, 0.3) is 11.8 Å². The maximum absolute atomic E-state index is 13.4. The number of pyridine rings is 1. The number of amides is 2. The van der Waals surface area contributed by atoms with Gasteiger partial charge in [0.2, 0.25) is 0 Å². The molecule has 0 unspecified atom stereocenters. The quantitative estimate of drug-likeness (QED) is 0.639. The standard InChI is InChI=1S/C24H21N3O3/c1-16-7-9-18(10-8-16)26-22-21(19-5-3-4-6-20(19)30-2)23(28)27(24(22)29)15-17-11-13-25-14-12-17/h3-14,26H,15H2,1-2H3. The first-order valence-corrected chi connectivity index (χ1v) is 9.55. The number of methoxy groups -OCH3 is 1. The summed E-state index contributed by atoms with van der Waals surface area (Å²) in [6.45, 7) is 2.15. The van der Waals surface area contributed by atoms with E-state index < -0.39 is 0 Å². The maximum Gasteiger partial charge on any atom is 0.278 e. The van der Waals surface area contributed by atoms with Gasteiger partial charge in [-0.05, 0) is 42.8 Å². The smallest absolute Gasteiger partial charge is 0.278 e. The Bertz CT molecular complexity index is 1120. The molecule has 150 valence electrons. The number of anilines is 1. The highest BCUT2D eigenvalue weighted by atomic mass is 16.5. The van der Waals surface area contributed by atoms with Crippen LogP contribution in [0.4, 0.5) is 5.69 Å². The van der Waals surface area contributed by atoms with Crippen LogP contribution in [0.5, 0.6) is 5.75 Å². The molecule has 0 saturated carbocycles. The minimum Gasteiger partial charge on any atom is -0.496 e. The van der Waals surface area contributed by atoms with Gasteiger partial charge in [0, 0.05) is 23.6 Å². The van der Waals surface area contributed by atoms with Crippen LogP contribution >= 0.6 is 0 Å². The van der Waals surface area contributed by atoms with E-state index in [-0.39, 0.29) is 24.1 Å². The van der Waals surface area contributed by atoms with Gasteiger partial charge in [0.05, 0.1) is 19.2 Å². The SMILES string of the molecule is COc1ccccc1C1=C(Nc2ccc(C)cc2)C(=O)N(Cc2ccncc2)C1=O. The number of aryl methyl sites for hydroxylation is 1. The summed E-state index contributed by atoms with van der Waals surface area (Å²) in [7, 11) is 1.54. The molecule has 0 atom stereocenters. The zero-order valence-corrected chi connectivity index (χ0v) is 16.8. The topological polar surface area (TPSA) is 71.5 Å². The second-order valence-electron chi connectivity index (χ2n) is 6.99. The molecule has 0 spiro atoms. The molecule has 2 aromatic carbocycles. The van der Waals surface area contributed by atoms with E-state index in [2.05, 4.69) is 10.3 Å². The Morgan fingerprint density at radius 2 is 1.63 bits per heavy atom. The molecule has 6 nitrogen and oxygen atoms in total. The van der Waals surface area contributed by atoms with E-state index in [4.69, 9.17) is 4.74 Å². The molecule has 0 radical (unpaired) electrons. The van der Waals surface area contributed by atoms with Crippen molar-refractivity contribution < 1.29 is 14.3 Å². The number of aromatic nitrogens is 1. The number of benzene rings is 2. The molecule has 4 rings (SSSR count). The number of carbonyl (C=O) groups excluding carboxylic acids is 2. The van der Waals surface area contributed by atoms with Crippen molar-refractivity contribution in [1.29, 1.82) is 0 Å². The van der Waals surface area contributed by atoms with Crippen LogP contribution in [0.2, 0.25) is 0 Å². The van der Waals surface area contributed by atoms with Crippen molar-refractivity contribution in [2.24, 2.45) is 0 Å². The average Bonchev–Trinajstić information content (AvgIpc) is 3.00. The molecule has 2 heterocycles. The lowest BCUT2D eigenvalue weighted by molar-refractivity contribution is -0.137. The summed E-state index contributed by atoms with van der Waals surface area (Å²) in [6, 6.07) is 18.4. The number of nitrogens with zero attached hydrogens (tertiary/aromatic N) is 2. The Balaban J connectivity index is 1.78. The molecule has 0 bridgehead atoms. The largest absolute Gasteiger partial charge is 0.496 e. The summed E-state index contributed by atoms with van der Waals surface area (Å²) in [4.78, 5) is 31.9. The van der Waals surface area contributed by atoms with Gasteiger partial charge in [0.15, 0.2) is 0 Å². The number of hydrogen-bond acceptors (Lipinski definition) is 5. The van der Waals surface area contributed by atoms with E-state index in [1.54, 1.807) is 43.8 Å². The molecule has 3 aromatic rings. The van der Waals surface area contributed by atoms with Gasteiger partial charge in [-0.15, -0.1) is 0 Å². The van der Waals surface area contributed by atoms with Gasteiger partial charge in [0.1, 0.15) is 11.4 Å². The molecule has 1 N–H and O–H groups in total. The molecule has 30 heavy (non-hydrogen) atoms. The molecule has 0 aliphatic carbocycles.